The van der Waals surface area contributed by atoms with Crippen LogP contribution in [0.5, 0.6) is 5.75 Å². The number of nitrogens with one attached hydrogen (secondary N) is 1. The van der Waals surface area contributed by atoms with Crippen molar-refractivity contribution < 1.29 is 22.7 Å². The summed E-state index contributed by atoms with van der Waals surface area (Å²) in [7, 11) is 0. The molecule has 0 aliphatic carbocycles. The van der Waals surface area contributed by atoms with Crippen LogP contribution in [-0.2, 0) is 22.7 Å². The van der Waals surface area contributed by atoms with E-state index in [1.807, 2.05) is 0 Å². The number of fused-ring (bicyclic) bond motifs is 3. The molecule has 5 nitrogen and oxygen atoms in total. The van der Waals surface area contributed by atoms with E-state index in [1.54, 1.807) is 16.4 Å². The summed E-state index contributed by atoms with van der Waals surface area (Å²) >= 11 is 1.76. The van der Waals surface area contributed by atoms with Crippen molar-refractivity contribution in [2.45, 2.75) is 30.3 Å². The van der Waals surface area contributed by atoms with Gasteiger partial charge in [0.05, 0.1) is 5.69 Å². The smallest absolute Gasteiger partial charge is 0.406 e. The van der Waals surface area contributed by atoms with Crippen LogP contribution in [0, 0.1) is 0 Å². The van der Waals surface area contributed by atoms with Gasteiger partial charge in [0.1, 0.15) is 17.6 Å². The Morgan fingerprint density at radius 1 is 1.29 bits per heavy atom. The number of halogens is 3. The lowest BCUT2D eigenvalue weighted by molar-refractivity contribution is -0.274. The fourth-order valence-electron chi connectivity index (χ4n) is 2.93. The van der Waals surface area contributed by atoms with Crippen LogP contribution in [0.4, 0.5) is 19.0 Å². The Labute approximate surface area is 139 Å². The van der Waals surface area contributed by atoms with Crippen molar-refractivity contribution in [2.24, 2.45) is 0 Å². The molecule has 2 aromatic rings. The van der Waals surface area contributed by atoms with Crippen LogP contribution >= 0.6 is 11.8 Å². The lowest BCUT2D eigenvalue weighted by atomic mass is 10.1. The first kappa shape index (κ1) is 15.4. The summed E-state index contributed by atoms with van der Waals surface area (Å²) in [6, 6.07) is 5.07. The maximum absolute atomic E-state index is 12.2. The van der Waals surface area contributed by atoms with Crippen LogP contribution in [0.15, 0.2) is 24.3 Å². The predicted molar refractivity (Wildman–Crippen MR) is 81.7 cm³/mol. The normalized spacial score (nSPS) is 19.1. The van der Waals surface area contributed by atoms with Gasteiger partial charge in [-0.15, -0.1) is 13.2 Å². The number of benzene rings is 1. The molecule has 2 aliphatic rings. The van der Waals surface area contributed by atoms with Crippen molar-refractivity contribution in [1.29, 1.82) is 0 Å². The van der Waals surface area contributed by atoms with Gasteiger partial charge in [0.25, 0.3) is 5.91 Å². The van der Waals surface area contributed by atoms with Gasteiger partial charge in [-0.3, -0.25) is 4.79 Å². The van der Waals surface area contributed by atoms with Crippen molar-refractivity contribution in [3.63, 3.8) is 0 Å². The van der Waals surface area contributed by atoms with E-state index in [-0.39, 0.29) is 11.7 Å². The molecule has 0 fully saturated rings. The number of thioether (sulfide) groups is 1. The Morgan fingerprint density at radius 2 is 2.04 bits per heavy atom. The van der Waals surface area contributed by atoms with E-state index < -0.39 is 12.4 Å². The maximum atomic E-state index is 12.2. The summed E-state index contributed by atoms with van der Waals surface area (Å²) in [5, 5.41) is 7.37. The third-order valence-corrected chi connectivity index (χ3v) is 4.97. The number of carbonyl (C=O) groups is 1. The second-order valence-electron chi connectivity index (χ2n) is 5.61. The van der Waals surface area contributed by atoms with Gasteiger partial charge in [-0.2, -0.15) is 16.9 Å². The van der Waals surface area contributed by atoms with Gasteiger partial charge in [-0.05, 0) is 17.7 Å². The highest BCUT2D eigenvalue weighted by Gasteiger charge is 2.36. The molecule has 1 N–H and O–H groups in total. The number of nitrogens with zero attached hydrogens (tertiary/aromatic N) is 2. The molecule has 1 atom stereocenters. The first-order valence-corrected chi connectivity index (χ1v) is 8.40. The number of aromatic nitrogens is 2. The van der Waals surface area contributed by atoms with Gasteiger partial charge in [-0.25, -0.2) is 4.68 Å². The van der Waals surface area contributed by atoms with Gasteiger partial charge >= 0.3 is 6.36 Å². The molecule has 0 saturated carbocycles. The SMILES string of the molecule is O=C1Nc2c3c(nn2C1Cc1ccc(OC(F)(F)F)cc1)CSC3. The van der Waals surface area contributed by atoms with Crippen LogP contribution < -0.4 is 10.1 Å². The zero-order valence-corrected chi connectivity index (χ0v) is 13.1. The van der Waals surface area contributed by atoms with Crippen molar-refractivity contribution in [3.05, 3.63) is 41.1 Å². The third kappa shape index (κ3) is 2.72. The first-order valence-electron chi connectivity index (χ1n) is 7.24. The summed E-state index contributed by atoms with van der Waals surface area (Å²) in [5.74, 6) is 2.00. The number of ether oxygens (including phenoxy) is 1. The fourth-order valence-corrected chi connectivity index (χ4v) is 3.97. The fraction of sp³-hybridized carbons (Fsp3) is 0.333. The molecular weight excluding hydrogens is 343 g/mol. The Morgan fingerprint density at radius 3 is 2.75 bits per heavy atom. The summed E-state index contributed by atoms with van der Waals surface area (Å²) in [5.41, 5.74) is 2.81. The number of alkyl halides is 3. The van der Waals surface area contributed by atoms with Gasteiger partial charge in [-0.1, -0.05) is 12.1 Å². The quantitative estimate of drug-likeness (QED) is 0.918. The molecule has 1 aromatic heterocycles. The molecule has 2 aliphatic heterocycles. The Balaban J connectivity index is 1.53. The second-order valence-corrected chi connectivity index (χ2v) is 6.60. The molecule has 1 amide bonds. The first-order chi connectivity index (χ1) is 11.4. The predicted octanol–water partition coefficient (Wildman–Crippen LogP) is 3.26. The van der Waals surface area contributed by atoms with E-state index in [1.165, 1.54) is 24.3 Å². The highest BCUT2D eigenvalue weighted by atomic mass is 32.2. The highest BCUT2D eigenvalue weighted by Crippen LogP contribution is 2.39. The Bertz CT molecular complexity index is 802. The Hall–Kier alpha value is -2.16. The zero-order valence-electron chi connectivity index (χ0n) is 12.3. The molecule has 9 heteroatoms. The van der Waals surface area contributed by atoms with Crippen molar-refractivity contribution in [1.82, 2.24) is 9.78 Å². The van der Waals surface area contributed by atoms with E-state index in [0.717, 1.165) is 34.1 Å². The number of amides is 1. The second kappa shape index (κ2) is 5.44. The minimum Gasteiger partial charge on any atom is -0.406 e. The lowest BCUT2D eigenvalue weighted by Gasteiger charge is -2.11. The van der Waals surface area contributed by atoms with E-state index in [0.29, 0.717) is 6.42 Å². The van der Waals surface area contributed by atoms with E-state index >= 15 is 0 Å². The molecule has 4 rings (SSSR count). The van der Waals surface area contributed by atoms with Crippen LogP contribution in [0.25, 0.3) is 0 Å². The molecule has 24 heavy (non-hydrogen) atoms. The summed E-state index contributed by atoms with van der Waals surface area (Å²) in [6.45, 7) is 0. The molecule has 3 heterocycles. The van der Waals surface area contributed by atoms with Gasteiger partial charge in [0.2, 0.25) is 0 Å². The largest absolute Gasteiger partial charge is 0.573 e. The van der Waals surface area contributed by atoms with Crippen LogP contribution in [0.1, 0.15) is 22.9 Å². The number of hydrogen-bond acceptors (Lipinski definition) is 4. The number of anilines is 1. The third-order valence-electron chi connectivity index (χ3n) is 4.00. The van der Waals surface area contributed by atoms with Crippen molar-refractivity contribution >= 4 is 23.5 Å². The molecule has 126 valence electrons. The molecule has 0 radical (unpaired) electrons. The molecule has 1 unspecified atom stereocenters. The van der Waals surface area contributed by atoms with Crippen molar-refractivity contribution in [3.8, 4) is 5.75 Å². The molecule has 0 saturated heterocycles. The van der Waals surface area contributed by atoms with E-state index in [2.05, 4.69) is 15.2 Å². The molecular formula is C15H12F3N3O2S. The van der Waals surface area contributed by atoms with Crippen molar-refractivity contribution in [2.75, 3.05) is 5.32 Å². The number of hydrogen-bond donors (Lipinski definition) is 1. The lowest BCUT2D eigenvalue weighted by Crippen LogP contribution is -2.19. The molecule has 0 bridgehead atoms. The zero-order chi connectivity index (χ0) is 16.9. The summed E-state index contributed by atoms with van der Waals surface area (Å²) < 4.78 is 42.1. The number of rotatable bonds is 3. The monoisotopic (exact) mass is 355 g/mol. The standard InChI is InChI=1S/C15H12F3N3O2S/c16-15(17,18)23-9-3-1-8(2-4-9)5-12-14(22)19-13-10-6-24-7-11(10)20-21(12)13/h1-4,12H,5-7H2,(H,19,22). The minimum absolute atomic E-state index is 0.146. The van der Waals surface area contributed by atoms with Crippen LogP contribution in [-0.4, -0.2) is 22.1 Å². The van der Waals surface area contributed by atoms with E-state index in [4.69, 9.17) is 0 Å². The van der Waals surface area contributed by atoms with Gasteiger partial charge in [0.15, 0.2) is 0 Å². The molecule has 1 aromatic carbocycles. The molecule has 0 spiro atoms. The average Bonchev–Trinajstić information content (AvgIpc) is 3.14. The summed E-state index contributed by atoms with van der Waals surface area (Å²) in [4.78, 5) is 12.2. The minimum atomic E-state index is -4.71. The maximum Gasteiger partial charge on any atom is 0.573 e. The topological polar surface area (TPSA) is 56.2 Å². The highest BCUT2D eigenvalue weighted by molar-refractivity contribution is 7.98. The van der Waals surface area contributed by atoms with E-state index in [9.17, 15) is 18.0 Å². The summed E-state index contributed by atoms with van der Waals surface area (Å²) in [6.07, 6.45) is -4.35. The van der Waals surface area contributed by atoms with Gasteiger partial charge < -0.3 is 10.1 Å². The Kier molecular flexibility index (Phi) is 3.48. The van der Waals surface area contributed by atoms with Crippen LogP contribution in [0.3, 0.4) is 0 Å². The average molecular weight is 355 g/mol. The van der Waals surface area contributed by atoms with Gasteiger partial charge in [0, 0.05) is 23.5 Å². The number of carbonyl (C=O) groups excluding carboxylic acids is 1. The van der Waals surface area contributed by atoms with Crippen LogP contribution in [0.2, 0.25) is 0 Å².